The van der Waals surface area contributed by atoms with E-state index < -0.39 is 0 Å². The molecule has 0 bridgehead atoms. The summed E-state index contributed by atoms with van der Waals surface area (Å²) >= 11 is 0. The molecule has 0 saturated carbocycles. The van der Waals surface area contributed by atoms with Gasteiger partial charge >= 0.3 is 0 Å². The van der Waals surface area contributed by atoms with Crippen molar-refractivity contribution in [3.8, 4) is 0 Å². The van der Waals surface area contributed by atoms with E-state index >= 15 is 0 Å². The van der Waals surface area contributed by atoms with E-state index in [0.717, 1.165) is 25.9 Å². The Kier molecular flexibility index (Phi) is 4.64. The number of hydrogen-bond donors (Lipinski definition) is 1. The molecule has 1 aromatic rings. The molecule has 0 spiro atoms. The molecule has 1 aliphatic carbocycles. The quantitative estimate of drug-likeness (QED) is 0.850. The van der Waals surface area contributed by atoms with Gasteiger partial charge in [-0.2, -0.15) is 0 Å². The van der Waals surface area contributed by atoms with Gasteiger partial charge in [-0.1, -0.05) is 45.0 Å². The minimum absolute atomic E-state index is 0.166. The van der Waals surface area contributed by atoms with E-state index in [0.29, 0.717) is 6.04 Å². The predicted octanol–water partition coefficient (Wildman–Crippen LogP) is 3.30. The minimum atomic E-state index is -0.166. The number of hydrogen-bond acceptors (Lipinski definition) is 2. The fraction of sp³-hybridized carbons (Fsp3) is 0.647. The van der Waals surface area contributed by atoms with Crippen LogP contribution in [0.25, 0.3) is 0 Å². The van der Waals surface area contributed by atoms with Crippen molar-refractivity contribution >= 4 is 0 Å². The van der Waals surface area contributed by atoms with Gasteiger partial charge in [0.05, 0.1) is 5.54 Å². The lowest BCUT2D eigenvalue weighted by Gasteiger charge is -2.39. The normalized spacial score (nSPS) is 25.8. The predicted molar refractivity (Wildman–Crippen MR) is 82.2 cm³/mol. The van der Waals surface area contributed by atoms with Crippen molar-refractivity contribution in [2.24, 2.45) is 5.73 Å². The molecule has 0 fully saturated rings. The largest absolute Gasteiger partial charge is 0.320 e. The van der Waals surface area contributed by atoms with Crippen LogP contribution in [0.1, 0.15) is 51.2 Å². The fourth-order valence-electron chi connectivity index (χ4n) is 3.60. The van der Waals surface area contributed by atoms with Crippen LogP contribution in [0.15, 0.2) is 24.3 Å². The van der Waals surface area contributed by atoms with Crippen molar-refractivity contribution in [1.82, 2.24) is 4.90 Å². The van der Waals surface area contributed by atoms with E-state index in [1.807, 2.05) is 0 Å². The van der Waals surface area contributed by atoms with Gasteiger partial charge in [-0.25, -0.2) is 0 Å². The molecule has 2 rings (SSSR count). The van der Waals surface area contributed by atoms with Crippen molar-refractivity contribution in [2.75, 3.05) is 13.1 Å². The SMILES string of the molecule is CCCN(CCC)C1Cc2ccccc2C1(N)CC. The van der Waals surface area contributed by atoms with Crippen LogP contribution in [0.4, 0.5) is 0 Å². The highest BCUT2D eigenvalue weighted by Gasteiger charge is 2.44. The highest BCUT2D eigenvalue weighted by molar-refractivity contribution is 5.41. The summed E-state index contributed by atoms with van der Waals surface area (Å²) in [7, 11) is 0. The molecule has 2 heteroatoms. The Balaban J connectivity index is 2.32. The maximum atomic E-state index is 6.83. The van der Waals surface area contributed by atoms with E-state index in [9.17, 15) is 0 Å². The summed E-state index contributed by atoms with van der Waals surface area (Å²) in [4.78, 5) is 2.61. The maximum absolute atomic E-state index is 6.83. The molecule has 106 valence electrons. The van der Waals surface area contributed by atoms with E-state index in [4.69, 9.17) is 5.73 Å². The second-order valence-corrected chi connectivity index (χ2v) is 5.81. The zero-order valence-electron chi connectivity index (χ0n) is 12.7. The average molecular weight is 260 g/mol. The zero-order chi connectivity index (χ0) is 13.9. The standard InChI is InChI=1S/C17H28N2/c1-4-11-19(12-5-2)16-13-14-9-7-8-10-15(14)17(16,18)6-3/h7-10,16H,4-6,11-13,18H2,1-3H3. The molecule has 0 aromatic heterocycles. The molecule has 2 unspecified atom stereocenters. The lowest BCUT2D eigenvalue weighted by Crippen LogP contribution is -2.54. The Labute approximate surface area is 118 Å². The maximum Gasteiger partial charge on any atom is 0.0570 e. The molecule has 2 nitrogen and oxygen atoms in total. The zero-order valence-corrected chi connectivity index (χ0v) is 12.7. The van der Waals surface area contributed by atoms with Gasteiger partial charge in [0.15, 0.2) is 0 Å². The molecule has 0 heterocycles. The third-order valence-corrected chi connectivity index (χ3v) is 4.57. The number of fused-ring (bicyclic) bond motifs is 1. The van der Waals surface area contributed by atoms with Gasteiger partial charge < -0.3 is 5.73 Å². The molecule has 0 amide bonds. The second-order valence-electron chi connectivity index (χ2n) is 5.81. The Morgan fingerprint density at radius 3 is 2.37 bits per heavy atom. The third-order valence-electron chi connectivity index (χ3n) is 4.57. The third kappa shape index (κ3) is 2.56. The monoisotopic (exact) mass is 260 g/mol. The van der Waals surface area contributed by atoms with Crippen molar-refractivity contribution in [3.05, 3.63) is 35.4 Å². The highest BCUT2D eigenvalue weighted by atomic mass is 15.2. The number of rotatable bonds is 6. The van der Waals surface area contributed by atoms with Crippen LogP contribution < -0.4 is 5.73 Å². The summed E-state index contributed by atoms with van der Waals surface area (Å²) in [5, 5.41) is 0. The number of nitrogens with zero attached hydrogens (tertiary/aromatic N) is 1. The molecule has 19 heavy (non-hydrogen) atoms. The number of benzene rings is 1. The van der Waals surface area contributed by atoms with E-state index in [2.05, 4.69) is 49.9 Å². The average Bonchev–Trinajstić information content (AvgIpc) is 2.73. The van der Waals surface area contributed by atoms with Crippen molar-refractivity contribution in [2.45, 2.75) is 58.0 Å². The van der Waals surface area contributed by atoms with Crippen LogP contribution in [-0.2, 0) is 12.0 Å². The Bertz CT molecular complexity index is 409. The fourth-order valence-corrected chi connectivity index (χ4v) is 3.60. The van der Waals surface area contributed by atoms with E-state index in [1.165, 1.54) is 24.0 Å². The first kappa shape index (κ1) is 14.5. The summed E-state index contributed by atoms with van der Waals surface area (Å²) in [6.07, 6.45) is 4.53. The first-order valence-electron chi connectivity index (χ1n) is 7.78. The van der Waals surface area contributed by atoms with E-state index in [1.54, 1.807) is 0 Å². The van der Waals surface area contributed by atoms with Gasteiger partial charge in [-0.3, -0.25) is 4.90 Å². The van der Waals surface area contributed by atoms with Crippen LogP contribution in [0, 0.1) is 0 Å². The molecular formula is C17H28N2. The smallest absolute Gasteiger partial charge is 0.0570 e. The van der Waals surface area contributed by atoms with Crippen LogP contribution in [0.5, 0.6) is 0 Å². The summed E-state index contributed by atoms with van der Waals surface area (Å²) in [6.45, 7) is 9.06. The van der Waals surface area contributed by atoms with Gasteiger partial charge in [0, 0.05) is 6.04 Å². The van der Waals surface area contributed by atoms with Crippen LogP contribution >= 0.6 is 0 Å². The Morgan fingerprint density at radius 1 is 1.16 bits per heavy atom. The lowest BCUT2D eigenvalue weighted by atomic mass is 9.86. The molecule has 1 aromatic carbocycles. The van der Waals surface area contributed by atoms with Gasteiger partial charge in [0.2, 0.25) is 0 Å². The van der Waals surface area contributed by atoms with Crippen molar-refractivity contribution in [3.63, 3.8) is 0 Å². The summed E-state index contributed by atoms with van der Waals surface area (Å²) in [5.74, 6) is 0. The first-order chi connectivity index (χ1) is 9.17. The van der Waals surface area contributed by atoms with Gasteiger partial charge in [-0.05, 0) is 49.9 Å². The minimum Gasteiger partial charge on any atom is -0.320 e. The van der Waals surface area contributed by atoms with Crippen LogP contribution in [-0.4, -0.2) is 24.0 Å². The topological polar surface area (TPSA) is 29.3 Å². The van der Waals surface area contributed by atoms with Gasteiger partial charge in [0.1, 0.15) is 0 Å². The summed E-state index contributed by atoms with van der Waals surface area (Å²) in [6, 6.07) is 9.22. The van der Waals surface area contributed by atoms with Crippen molar-refractivity contribution < 1.29 is 0 Å². The van der Waals surface area contributed by atoms with Gasteiger partial charge in [-0.15, -0.1) is 0 Å². The first-order valence-corrected chi connectivity index (χ1v) is 7.78. The molecule has 0 radical (unpaired) electrons. The lowest BCUT2D eigenvalue weighted by molar-refractivity contribution is 0.127. The number of nitrogens with two attached hydrogens (primary N) is 1. The molecule has 0 saturated heterocycles. The Hall–Kier alpha value is -0.860. The second kappa shape index (κ2) is 6.06. The molecule has 0 aliphatic heterocycles. The highest BCUT2D eigenvalue weighted by Crippen LogP contribution is 2.40. The Morgan fingerprint density at radius 2 is 1.79 bits per heavy atom. The summed E-state index contributed by atoms with van der Waals surface area (Å²) in [5.41, 5.74) is 9.50. The van der Waals surface area contributed by atoms with Gasteiger partial charge in [0.25, 0.3) is 0 Å². The van der Waals surface area contributed by atoms with Crippen molar-refractivity contribution in [1.29, 1.82) is 0 Å². The van der Waals surface area contributed by atoms with Crippen LogP contribution in [0.2, 0.25) is 0 Å². The molecule has 1 aliphatic rings. The van der Waals surface area contributed by atoms with Crippen LogP contribution in [0.3, 0.4) is 0 Å². The van der Waals surface area contributed by atoms with E-state index in [-0.39, 0.29) is 5.54 Å². The molecular weight excluding hydrogens is 232 g/mol. The molecule has 2 N–H and O–H groups in total. The summed E-state index contributed by atoms with van der Waals surface area (Å²) < 4.78 is 0. The molecule has 2 atom stereocenters.